The van der Waals surface area contributed by atoms with Gasteiger partial charge in [0.2, 0.25) is 0 Å². The summed E-state index contributed by atoms with van der Waals surface area (Å²) in [7, 11) is -0.707. The molecule has 6 heteroatoms. The highest BCUT2D eigenvalue weighted by atomic mass is 32.2. The van der Waals surface area contributed by atoms with E-state index in [0.29, 0.717) is 5.69 Å². The van der Waals surface area contributed by atoms with Gasteiger partial charge in [0.05, 0.1) is 10.6 Å². The van der Waals surface area contributed by atoms with Crippen LogP contribution in [0.3, 0.4) is 0 Å². The molecule has 0 N–H and O–H groups in total. The van der Waals surface area contributed by atoms with Crippen molar-refractivity contribution in [2.75, 3.05) is 18.5 Å². The predicted octanol–water partition coefficient (Wildman–Crippen LogP) is 2.86. The minimum absolute atomic E-state index is 0.233. The van der Waals surface area contributed by atoms with Crippen molar-refractivity contribution in [1.82, 2.24) is 0 Å². The number of rotatable bonds is 4. The summed E-state index contributed by atoms with van der Waals surface area (Å²) in [6.07, 6.45) is -1.19. The third-order valence-corrected chi connectivity index (χ3v) is 5.83. The Morgan fingerprint density at radius 1 is 0.957 bits per heavy atom. The third kappa shape index (κ3) is 2.52. The summed E-state index contributed by atoms with van der Waals surface area (Å²) in [6, 6.07) is 14.1. The molecule has 0 bridgehead atoms. The van der Waals surface area contributed by atoms with E-state index in [0.717, 1.165) is 11.1 Å². The molecule has 0 fully saturated rings. The van der Waals surface area contributed by atoms with Crippen molar-refractivity contribution >= 4 is 15.7 Å². The second kappa shape index (κ2) is 5.96. The van der Waals surface area contributed by atoms with Crippen molar-refractivity contribution in [1.29, 1.82) is 0 Å². The molecule has 122 valence electrons. The monoisotopic (exact) mass is 333 g/mol. The molecule has 2 aromatic rings. The van der Waals surface area contributed by atoms with Gasteiger partial charge in [0.15, 0.2) is 6.23 Å². The van der Waals surface area contributed by atoms with Gasteiger partial charge in [-0.3, -0.25) is 0 Å². The number of nitrogens with zero attached hydrogens (tertiary/aromatic N) is 1. The minimum Gasteiger partial charge on any atom is -0.372 e. The van der Waals surface area contributed by atoms with Gasteiger partial charge in [-0.2, -0.15) is 0 Å². The van der Waals surface area contributed by atoms with Crippen LogP contribution in [-0.2, 0) is 19.5 Å². The fraction of sp³-hybridized carbons (Fsp3) is 0.294. The molecule has 0 saturated heterocycles. The first kappa shape index (κ1) is 16.0. The zero-order valence-electron chi connectivity index (χ0n) is 13.3. The van der Waals surface area contributed by atoms with Crippen LogP contribution in [0.1, 0.15) is 17.2 Å². The van der Waals surface area contributed by atoms with Gasteiger partial charge in [0, 0.05) is 19.8 Å². The maximum atomic E-state index is 13.1. The fourth-order valence-corrected chi connectivity index (χ4v) is 4.50. The highest BCUT2D eigenvalue weighted by Crippen LogP contribution is 2.44. The quantitative estimate of drug-likeness (QED) is 0.863. The number of ether oxygens (including phenoxy) is 2. The number of para-hydroxylation sites is 1. The molecule has 5 nitrogen and oxygen atoms in total. The average Bonchev–Trinajstić information content (AvgIpc) is 2.89. The van der Waals surface area contributed by atoms with E-state index in [9.17, 15) is 8.42 Å². The van der Waals surface area contributed by atoms with E-state index in [2.05, 4.69) is 0 Å². The van der Waals surface area contributed by atoms with E-state index in [4.69, 9.17) is 9.47 Å². The minimum atomic E-state index is -3.74. The Bertz CT molecular complexity index is 802. The lowest BCUT2D eigenvalue weighted by Gasteiger charge is -2.27. The second-order valence-corrected chi connectivity index (χ2v) is 7.27. The number of fused-ring (bicyclic) bond motifs is 1. The summed E-state index contributed by atoms with van der Waals surface area (Å²) in [6.45, 7) is 1.92. The first-order valence-electron chi connectivity index (χ1n) is 7.26. The molecule has 2 atom stereocenters. The molecule has 1 heterocycles. The van der Waals surface area contributed by atoms with E-state index < -0.39 is 22.4 Å². The van der Waals surface area contributed by atoms with Crippen molar-refractivity contribution in [2.45, 2.75) is 24.2 Å². The van der Waals surface area contributed by atoms with Crippen LogP contribution in [-0.4, -0.2) is 28.9 Å². The van der Waals surface area contributed by atoms with Gasteiger partial charge in [-0.05, 0) is 25.1 Å². The van der Waals surface area contributed by atoms with Gasteiger partial charge in [0.25, 0.3) is 10.0 Å². The maximum absolute atomic E-state index is 13.1. The molecule has 23 heavy (non-hydrogen) atoms. The lowest BCUT2D eigenvalue weighted by atomic mass is 10.1. The Hall–Kier alpha value is -1.89. The molecular weight excluding hydrogens is 314 g/mol. The zero-order valence-corrected chi connectivity index (χ0v) is 14.1. The SMILES string of the molecule is CO[C@@H]1[C@@H](OC)c2ccccc2N1S(=O)(=O)c1ccc(C)cc1. The van der Waals surface area contributed by atoms with Crippen molar-refractivity contribution in [3.05, 3.63) is 59.7 Å². The molecule has 0 unspecified atom stereocenters. The number of anilines is 1. The summed E-state index contributed by atoms with van der Waals surface area (Å²) in [5, 5.41) is 0. The average molecular weight is 333 g/mol. The topological polar surface area (TPSA) is 55.8 Å². The van der Waals surface area contributed by atoms with Gasteiger partial charge in [-0.15, -0.1) is 0 Å². The predicted molar refractivity (Wildman–Crippen MR) is 87.8 cm³/mol. The first-order valence-corrected chi connectivity index (χ1v) is 8.70. The Labute approximate surface area is 136 Å². The molecule has 0 saturated carbocycles. The Morgan fingerprint density at radius 3 is 2.22 bits per heavy atom. The normalized spacial score (nSPS) is 20.6. The Morgan fingerprint density at radius 2 is 1.61 bits per heavy atom. The summed E-state index contributed by atoms with van der Waals surface area (Å²) < 4.78 is 38.5. The van der Waals surface area contributed by atoms with E-state index in [1.165, 1.54) is 11.4 Å². The molecule has 2 aromatic carbocycles. The highest BCUT2D eigenvalue weighted by molar-refractivity contribution is 7.92. The Balaban J connectivity index is 2.15. The number of benzene rings is 2. The summed E-state index contributed by atoms with van der Waals surface area (Å²) in [4.78, 5) is 0.233. The van der Waals surface area contributed by atoms with Crippen molar-refractivity contribution in [2.24, 2.45) is 0 Å². The lowest BCUT2D eigenvalue weighted by Crippen LogP contribution is -2.40. The molecule has 1 aliphatic heterocycles. The van der Waals surface area contributed by atoms with Gasteiger partial charge in [-0.1, -0.05) is 35.9 Å². The van der Waals surface area contributed by atoms with E-state index in [1.807, 2.05) is 19.1 Å². The first-order chi connectivity index (χ1) is 11.0. The number of aryl methyl sites for hydroxylation is 1. The lowest BCUT2D eigenvalue weighted by molar-refractivity contribution is -0.0218. The van der Waals surface area contributed by atoms with Crippen LogP contribution < -0.4 is 4.31 Å². The van der Waals surface area contributed by atoms with Gasteiger partial charge < -0.3 is 9.47 Å². The fourth-order valence-electron chi connectivity index (χ4n) is 2.90. The van der Waals surface area contributed by atoms with E-state index in [1.54, 1.807) is 43.5 Å². The standard InChI is InChI=1S/C17H19NO4S/c1-12-8-10-13(11-9-12)23(19,20)18-15-7-5-4-6-14(15)16(21-2)17(18)22-3/h4-11,16-17H,1-3H3/t16-,17+/m0/s1. The van der Waals surface area contributed by atoms with Crippen LogP contribution in [0.4, 0.5) is 5.69 Å². The van der Waals surface area contributed by atoms with Crippen LogP contribution in [0, 0.1) is 6.92 Å². The van der Waals surface area contributed by atoms with Crippen LogP contribution >= 0.6 is 0 Å². The second-order valence-electron chi connectivity index (χ2n) is 5.46. The van der Waals surface area contributed by atoms with Crippen molar-refractivity contribution < 1.29 is 17.9 Å². The van der Waals surface area contributed by atoms with Gasteiger partial charge in [0.1, 0.15) is 6.10 Å². The van der Waals surface area contributed by atoms with Gasteiger partial charge >= 0.3 is 0 Å². The van der Waals surface area contributed by atoms with Crippen LogP contribution in [0.2, 0.25) is 0 Å². The van der Waals surface area contributed by atoms with Crippen LogP contribution in [0.15, 0.2) is 53.4 Å². The molecule has 0 aliphatic carbocycles. The molecule has 0 radical (unpaired) electrons. The van der Waals surface area contributed by atoms with Crippen molar-refractivity contribution in [3.63, 3.8) is 0 Å². The number of hydrogen-bond acceptors (Lipinski definition) is 4. The summed E-state index contributed by atoms with van der Waals surface area (Å²) in [5.41, 5.74) is 2.40. The summed E-state index contributed by atoms with van der Waals surface area (Å²) >= 11 is 0. The smallest absolute Gasteiger partial charge is 0.266 e. The van der Waals surface area contributed by atoms with E-state index in [-0.39, 0.29) is 4.90 Å². The van der Waals surface area contributed by atoms with Crippen LogP contribution in [0.5, 0.6) is 0 Å². The molecule has 0 aromatic heterocycles. The Kier molecular flexibility index (Phi) is 4.14. The number of hydrogen-bond donors (Lipinski definition) is 0. The number of sulfonamides is 1. The molecular formula is C17H19NO4S. The maximum Gasteiger partial charge on any atom is 0.266 e. The molecule has 3 rings (SSSR count). The molecule has 0 amide bonds. The van der Waals surface area contributed by atoms with Crippen molar-refractivity contribution in [3.8, 4) is 0 Å². The zero-order chi connectivity index (χ0) is 16.6. The third-order valence-electron chi connectivity index (χ3n) is 4.04. The van der Waals surface area contributed by atoms with Gasteiger partial charge in [-0.25, -0.2) is 12.7 Å². The van der Waals surface area contributed by atoms with Crippen LogP contribution in [0.25, 0.3) is 0 Å². The number of methoxy groups -OCH3 is 2. The highest BCUT2D eigenvalue weighted by Gasteiger charge is 2.45. The summed E-state index contributed by atoms with van der Waals surface area (Å²) in [5.74, 6) is 0. The molecule has 1 aliphatic rings. The van der Waals surface area contributed by atoms with E-state index >= 15 is 0 Å². The molecule has 0 spiro atoms. The largest absolute Gasteiger partial charge is 0.372 e.